The fourth-order valence-corrected chi connectivity index (χ4v) is 8.25. The first-order chi connectivity index (χ1) is 16.9. The number of anilines is 3. The lowest BCUT2D eigenvalue weighted by Crippen LogP contribution is -2.15. The summed E-state index contributed by atoms with van der Waals surface area (Å²) in [7, 11) is -3.91. The smallest absolute Gasteiger partial charge is 0.341 e. The predicted molar refractivity (Wildman–Crippen MR) is 143 cm³/mol. The first-order valence-electron chi connectivity index (χ1n) is 11.0. The van der Waals surface area contributed by atoms with Crippen molar-refractivity contribution in [1.82, 2.24) is 9.97 Å². The Morgan fingerprint density at radius 3 is 2.46 bits per heavy atom. The first-order valence-corrected chi connectivity index (χ1v) is 14.9. The van der Waals surface area contributed by atoms with Crippen molar-refractivity contribution >= 4 is 82.3 Å². The maximum absolute atomic E-state index is 13.1. The molecule has 3 heterocycles. The number of carbonyl (C=O) groups excluding carboxylic acids is 1. The van der Waals surface area contributed by atoms with Gasteiger partial charge in [-0.15, -0.1) is 22.7 Å². The van der Waals surface area contributed by atoms with E-state index in [0.29, 0.717) is 25.4 Å². The van der Waals surface area contributed by atoms with E-state index < -0.39 is 16.0 Å². The highest BCUT2D eigenvalue weighted by Crippen LogP contribution is 2.41. The molecule has 1 aromatic carbocycles. The van der Waals surface area contributed by atoms with E-state index in [1.807, 2.05) is 12.1 Å². The average molecular weight is 594 g/mol. The van der Waals surface area contributed by atoms with E-state index >= 15 is 0 Å². The minimum Gasteiger partial charge on any atom is -0.462 e. The van der Waals surface area contributed by atoms with Gasteiger partial charge in [-0.2, -0.15) is 0 Å². The zero-order valence-electron chi connectivity index (χ0n) is 18.6. The number of esters is 1. The summed E-state index contributed by atoms with van der Waals surface area (Å²) in [5, 5.41) is 3.80. The van der Waals surface area contributed by atoms with E-state index in [0.717, 1.165) is 47.5 Å². The van der Waals surface area contributed by atoms with Gasteiger partial charge in [0.05, 0.1) is 27.0 Å². The number of carbonyl (C=O) groups is 1. The maximum atomic E-state index is 13.1. The van der Waals surface area contributed by atoms with Crippen LogP contribution in [0.2, 0.25) is 0 Å². The Morgan fingerprint density at radius 2 is 1.77 bits per heavy atom. The number of nitrogens with one attached hydrogen (secondary N) is 2. The molecule has 1 aliphatic rings. The van der Waals surface area contributed by atoms with Gasteiger partial charge in [-0.1, -0.05) is 12.1 Å². The van der Waals surface area contributed by atoms with Crippen molar-refractivity contribution in [2.45, 2.75) is 36.8 Å². The molecule has 1 aliphatic carbocycles. The molecule has 2 N–H and O–H groups in total. The molecule has 5 rings (SSSR count). The maximum Gasteiger partial charge on any atom is 0.341 e. The molecule has 0 unspecified atom stereocenters. The molecular formula is C23H21BrN4O4S3. The fraction of sp³-hybridized carbons (Fsp3) is 0.261. The molecule has 0 radical (unpaired) electrons. The monoisotopic (exact) mass is 592 g/mol. The lowest BCUT2D eigenvalue weighted by molar-refractivity contribution is 0.0526. The Balaban J connectivity index is 1.60. The van der Waals surface area contributed by atoms with Crippen molar-refractivity contribution in [2.75, 3.05) is 16.6 Å². The van der Waals surface area contributed by atoms with Gasteiger partial charge >= 0.3 is 5.97 Å². The van der Waals surface area contributed by atoms with Crippen molar-refractivity contribution in [2.24, 2.45) is 0 Å². The van der Waals surface area contributed by atoms with Gasteiger partial charge < -0.3 is 10.1 Å². The summed E-state index contributed by atoms with van der Waals surface area (Å²) >= 11 is 5.88. The summed E-state index contributed by atoms with van der Waals surface area (Å²) < 4.78 is 34.9. The summed E-state index contributed by atoms with van der Waals surface area (Å²) in [4.78, 5) is 23.2. The molecule has 0 bridgehead atoms. The third-order valence-corrected chi connectivity index (χ3v) is 10.2. The number of benzene rings is 1. The molecule has 182 valence electrons. The lowest BCUT2D eigenvalue weighted by Gasteiger charge is -2.14. The predicted octanol–water partition coefficient (Wildman–Crippen LogP) is 6.12. The topological polar surface area (TPSA) is 110 Å². The minimum atomic E-state index is -3.91. The molecule has 0 aliphatic heterocycles. The van der Waals surface area contributed by atoms with Crippen LogP contribution in [0.25, 0.3) is 11.0 Å². The Labute approximate surface area is 218 Å². The molecule has 0 spiro atoms. The van der Waals surface area contributed by atoms with Crippen LogP contribution >= 0.6 is 38.6 Å². The summed E-state index contributed by atoms with van der Waals surface area (Å²) in [6.45, 7) is 2.04. The molecule has 0 amide bonds. The van der Waals surface area contributed by atoms with Crippen LogP contribution in [-0.4, -0.2) is 31.0 Å². The standard InChI is InChI=1S/C23H21BrN4O4S3/c1-2-32-23(29)19-13-7-3-6-10-16(13)33-22(19)27-20-21(26-15-9-5-4-8-14(15)25-20)28-35(30,31)18-12-11-17(24)34-18/h4-5,8-9,11-12H,2-3,6-7,10H2,1H3,(H,25,27)(H,26,28). The van der Waals surface area contributed by atoms with E-state index in [9.17, 15) is 13.2 Å². The number of para-hydroxylation sites is 2. The van der Waals surface area contributed by atoms with E-state index in [1.54, 1.807) is 25.1 Å². The second-order valence-corrected chi connectivity index (χ2v) is 13.3. The largest absolute Gasteiger partial charge is 0.462 e. The molecule has 4 aromatic rings. The Kier molecular flexibility index (Phi) is 6.80. The molecule has 35 heavy (non-hydrogen) atoms. The third-order valence-electron chi connectivity index (χ3n) is 5.50. The number of hydrogen-bond acceptors (Lipinski definition) is 9. The Morgan fingerprint density at radius 1 is 1.06 bits per heavy atom. The highest BCUT2D eigenvalue weighted by molar-refractivity contribution is 9.11. The van der Waals surface area contributed by atoms with Crippen LogP contribution in [0, 0.1) is 0 Å². The van der Waals surface area contributed by atoms with Crippen molar-refractivity contribution in [3.63, 3.8) is 0 Å². The van der Waals surface area contributed by atoms with Crippen molar-refractivity contribution < 1.29 is 17.9 Å². The normalized spacial score (nSPS) is 13.4. The number of halogens is 1. The van der Waals surface area contributed by atoms with Gasteiger partial charge in [-0.3, -0.25) is 4.72 Å². The van der Waals surface area contributed by atoms with Gasteiger partial charge in [0, 0.05) is 4.88 Å². The lowest BCUT2D eigenvalue weighted by atomic mass is 9.95. The zero-order valence-corrected chi connectivity index (χ0v) is 22.7. The second kappa shape index (κ2) is 9.84. The van der Waals surface area contributed by atoms with E-state index in [1.165, 1.54) is 17.4 Å². The van der Waals surface area contributed by atoms with Crippen LogP contribution in [0.15, 0.2) is 44.4 Å². The number of aromatic nitrogens is 2. The number of aryl methyl sites for hydroxylation is 1. The second-order valence-electron chi connectivity index (χ2n) is 7.83. The molecule has 0 saturated heterocycles. The summed E-state index contributed by atoms with van der Waals surface area (Å²) in [5.74, 6) is -0.129. The third kappa shape index (κ3) is 4.92. The van der Waals surface area contributed by atoms with Crippen LogP contribution in [0.1, 0.15) is 40.6 Å². The molecule has 12 heteroatoms. The number of fused-ring (bicyclic) bond motifs is 2. The summed E-state index contributed by atoms with van der Waals surface area (Å²) in [6, 6.07) is 10.4. The number of rotatable bonds is 7. The SMILES string of the molecule is CCOC(=O)c1c(Nc2nc3ccccc3nc2NS(=O)(=O)c2ccc(Br)s2)sc2c1CCCC2. The van der Waals surface area contributed by atoms with Gasteiger partial charge in [0.15, 0.2) is 11.6 Å². The quantitative estimate of drug-likeness (QED) is 0.249. The van der Waals surface area contributed by atoms with Crippen molar-refractivity contribution in [3.8, 4) is 0 Å². The molecule has 0 fully saturated rings. The molecule has 0 saturated carbocycles. The average Bonchev–Trinajstić information content (AvgIpc) is 3.43. The highest BCUT2D eigenvalue weighted by Gasteiger charge is 2.28. The minimum absolute atomic E-state index is 0.0504. The van der Waals surface area contributed by atoms with Gasteiger partial charge in [0.1, 0.15) is 9.21 Å². The number of nitrogens with zero attached hydrogens (tertiary/aromatic N) is 2. The fourth-order valence-electron chi connectivity index (χ4n) is 3.96. The van der Waals surface area contributed by atoms with E-state index in [2.05, 4.69) is 35.9 Å². The highest BCUT2D eigenvalue weighted by atomic mass is 79.9. The van der Waals surface area contributed by atoms with E-state index in [4.69, 9.17) is 4.74 Å². The van der Waals surface area contributed by atoms with Gasteiger partial charge in [-0.25, -0.2) is 23.2 Å². The van der Waals surface area contributed by atoms with Gasteiger partial charge in [-0.05, 0) is 78.4 Å². The van der Waals surface area contributed by atoms with Crippen LogP contribution in [-0.2, 0) is 27.6 Å². The number of hydrogen-bond donors (Lipinski definition) is 2. The summed E-state index contributed by atoms with van der Waals surface area (Å²) in [6.07, 6.45) is 3.77. The zero-order chi connectivity index (χ0) is 24.6. The molecule has 0 atom stereocenters. The van der Waals surface area contributed by atoms with Gasteiger partial charge in [0.25, 0.3) is 10.0 Å². The molecule has 3 aromatic heterocycles. The van der Waals surface area contributed by atoms with Crippen LogP contribution < -0.4 is 10.0 Å². The van der Waals surface area contributed by atoms with Crippen LogP contribution in [0.5, 0.6) is 0 Å². The number of sulfonamides is 1. The molecule has 8 nitrogen and oxygen atoms in total. The number of ether oxygens (including phenoxy) is 1. The van der Waals surface area contributed by atoms with E-state index in [-0.39, 0.29) is 22.5 Å². The Hall–Kier alpha value is -2.54. The van der Waals surface area contributed by atoms with Crippen LogP contribution in [0.3, 0.4) is 0 Å². The molecular weight excluding hydrogens is 572 g/mol. The first kappa shape index (κ1) is 24.2. The van der Waals surface area contributed by atoms with Gasteiger partial charge in [0.2, 0.25) is 0 Å². The van der Waals surface area contributed by atoms with Crippen molar-refractivity contribution in [1.29, 1.82) is 0 Å². The summed E-state index contributed by atoms with van der Waals surface area (Å²) in [5.41, 5.74) is 2.63. The van der Waals surface area contributed by atoms with Crippen LogP contribution in [0.4, 0.5) is 16.6 Å². The Bertz CT molecular complexity index is 1530. The number of thiophene rings is 2. The van der Waals surface area contributed by atoms with Crippen molar-refractivity contribution in [3.05, 3.63) is 56.2 Å².